The Morgan fingerprint density at radius 2 is 1.89 bits per heavy atom. The van der Waals surface area contributed by atoms with E-state index < -0.39 is 0 Å². The number of carbonyl (C=O) groups excluding carboxylic acids is 1. The van der Waals surface area contributed by atoms with Gasteiger partial charge in [0.2, 0.25) is 0 Å². The van der Waals surface area contributed by atoms with Crippen molar-refractivity contribution in [2.24, 2.45) is 0 Å². The zero-order valence-corrected chi connectivity index (χ0v) is 13.1. The van der Waals surface area contributed by atoms with E-state index in [2.05, 4.69) is 38.5 Å². The number of hydrogen-bond acceptors (Lipinski definition) is 2. The van der Waals surface area contributed by atoms with Crippen LogP contribution in [-0.4, -0.2) is 5.97 Å². The SMILES string of the molecule is O=C(Oc1ccc(CBr)cc1I)c1ccccc1. The summed E-state index contributed by atoms with van der Waals surface area (Å²) in [5.41, 5.74) is 1.71. The van der Waals surface area contributed by atoms with Crippen molar-refractivity contribution in [2.45, 2.75) is 5.33 Å². The molecule has 92 valence electrons. The van der Waals surface area contributed by atoms with Gasteiger partial charge in [-0.05, 0) is 52.4 Å². The zero-order valence-electron chi connectivity index (χ0n) is 9.40. The number of halogens is 2. The molecule has 18 heavy (non-hydrogen) atoms. The van der Waals surface area contributed by atoms with Gasteiger partial charge < -0.3 is 4.74 Å². The maximum Gasteiger partial charge on any atom is 0.343 e. The van der Waals surface area contributed by atoms with E-state index in [4.69, 9.17) is 4.74 Å². The molecule has 0 N–H and O–H groups in total. The molecule has 2 rings (SSSR count). The van der Waals surface area contributed by atoms with Crippen molar-refractivity contribution in [2.75, 3.05) is 0 Å². The third kappa shape index (κ3) is 3.32. The molecular weight excluding hydrogens is 407 g/mol. The summed E-state index contributed by atoms with van der Waals surface area (Å²) in [6.45, 7) is 0. The molecule has 2 aromatic rings. The minimum atomic E-state index is -0.333. The zero-order chi connectivity index (χ0) is 13.0. The van der Waals surface area contributed by atoms with Crippen molar-refractivity contribution in [3.8, 4) is 5.75 Å². The molecule has 0 amide bonds. The summed E-state index contributed by atoms with van der Waals surface area (Å²) < 4.78 is 6.29. The fourth-order valence-electron chi connectivity index (χ4n) is 1.44. The number of esters is 1. The standard InChI is InChI=1S/C14H10BrIO2/c15-9-10-6-7-13(12(16)8-10)18-14(17)11-4-2-1-3-5-11/h1-8H,9H2. The molecule has 0 heterocycles. The molecular formula is C14H10BrIO2. The van der Waals surface area contributed by atoms with Crippen LogP contribution in [0.15, 0.2) is 48.5 Å². The van der Waals surface area contributed by atoms with Crippen molar-refractivity contribution in [1.29, 1.82) is 0 Å². The fourth-order valence-corrected chi connectivity index (χ4v) is 2.48. The lowest BCUT2D eigenvalue weighted by Gasteiger charge is -2.07. The topological polar surface area (TPSA) is 26.3 Å². The molecule has 4 heteroatoms. The van der Waals surface area contributed by atoms with Gasteiger partial charge in [-0.2, -0.15) is 0 Å². The van der Waals surface area contributed by atoms with Gasteiger partial charge in [-0.25, -0.2) is 4.79 Å². The van der Waals surface area contributed by atoms with Gasteiger partial charge in [0, 0.05) is 5.33 Å². The molecule has 0 spiro atoms. The van der Waals surface area contributed by atoms with Gasteiger partial charge in [-0.3, -0.25) is 0 Å². The number of benzene rings is 2. The van der Waals surface area contributed by atoms with Crippen molar-refractivity contribution in [1.82, 2.24) is 0 Å². The maximum atomic E-state index is 11.9. The highest BCUT2D eigenvalue weighted by molar-refractivity contribution is 14.1. The normalized spacial score (nSPS) is 10.1. The van der Waals surface area contributed by atoms with E-state index in [9.17, 15) is 4.79 Å². The Bertz CT molecular complexity index is 555. The van der Waals surface area contributed by atoms with Gasteiger partial charge in [-0.15, -0.1) is 0 Å². The Labute approximate surface area is 128 Å². The molecule has 2 nitrogen and oxygen atoms in total. The average molecular weight is 417 g/mol. The number of ether oxygens (including phenoxy) is 1. The average Bonchev–Trinajstić information content (AvgIpc) is 2.42. The van der Waals surface area contributed by atoms with E-state index >= 15 is 0 Å². The predicted molar refractivity (Wildman–Crippen MR) is 83.2 cm³/mol. The van der Waals surface area contributed by atoms with Crippen molar-refractivity contribution >= 4 is 44.5 Å². The summed E-state index contributed by atoms with van der Waals surface area (Å²) in [7, 11) is 0. The Hall–Kier alpha value is -0.880. The van der Waals surface area contributed by atoms with Crippen LogP contribution in [0, 0.1) is 3.57 Å². The number of rotatable bonds is 3. The highest BCUT2D eigenvalue weighted by Crippen LogP contribution is 2.24. The van der Waals surface area contributed by atoms with Gasteiger partial charge in [0.25, 0.3) is 0 Å². The Kier molecular flexibility index (Phi) is 4.77. The molecule has 0 aromatic heterocycles. The van der Waals surface area contributed by atoms with Gasteiger partial charge in [0.15, 0.2) is 0 Å². The van der Waals surface area contributed by atoms with Crippen molar-refractivity contribution in [3.05, 3.63) is 63.2 Å². The van der Waals surface area contributed by atoms with Crippen LogP contribution in [0.5, 0.6) is 5.75 Å². The van der Waals surface area contributed by atoms with Crippen LogP contribution in [0.3, 0.4) is 0 Å². The van der Waals surface area contributed by atoms with Crippen LogP contribution in [0.2, 0.25) is 0 Å². The van der Waals surface area contributed by atoms with Crippen LogP contribution in [0.1, 0.15) is 15.9 Å². The number of hydrogen-bond donors (Lipinski definition) is 0. The second kappa shape index (κ2) is 6.33. The highest BCUT2D eigenvalue weighted by Gasteiger charge is 2.10. The van der Waals surface area contributed by atoms with Gasteiger partial charge in [-0.1, -0.05) is 40.2 Å². The van der Waals surface area contributed by atoms with Crippen LogP contribution >= 0.6 is 38.5 Å². The third-order valence-electron chi connectivity index (χ3n) is 2.36. The first-order chi connectivity index (χ1) is 8.70. The number of alkyl halides is 1. The lowest BCUT2D eigenvalue weighted by molar-refractivity contribution is 0.0733. The summed E-state index contributed by atoms with van der Waals surface area (Å²) in [5.74, 6) is 0.259. The minimum Gasteiger partial charge on any atom is -0.422 e. The molecule has 2 aromatic carbocycles. The fraction of sp³-hybridized carbons (Fsp3) is 0.0714. The molecule has 0 radical (unpaired) electrons. The molecule has 0 bridgehead atoms. The van der Waals surface area contributed by atoms with E-state index in [0.29, 0.717) is 11.3 Å². The van der Waals surface area contributed by atoms with E-state index in [-0.39, 0.29) is 5.97 Å². The van der Waals surface area contributed by atoms with Crippen molar-refractivity contribution in [3.63, 3.8) is 0 Å². The van der Waals surface area contributed by atoms with Gasteiger partial charge in [0.1, 0.15) is 5.75 Å². The Morgan fingerprint density at radius 3 is 2.50 bits per heavy atom. The van der Waals surface area contributed by atoms with E-state index in [1.165, 1.54) is 0 Å². The van der Waals surface area contributed by atoms with Crippen LogP contribution in [0.25, 0.3) is 0 Å². The molecule has 0 aliphatic heterocycles. The highest BCUT2D eigenvalue weighted by atomic mass is 127. The lowest BCUT2D eigenvalue weighted by atomic mass is 10.2. The van der Waals surface area contributed by atoms with Gasteiger partial charge >= 0.3 is 5.97 Å². The molecule has 0 atom stereocenters. The molecule has 0 fully saturated rings. The molecule has 0 aliphatic carbocycles. The molecule has 0 saturated carbocycles. The van der Waals surface area contributed by atoms with E-state index in [1.54, 1.807) is 12.1 Å². The summed E-state index contributed by atoms with van der Waals surface area (Å²) in [4.78, 5) is 11.9. The maximum absolute atomic E-state index is 11.9. The summed E-state index contributed by atoms with van der Waals surface area (Å²) in [6.07, 6.45) is 0. The molecule has 0 unspecified atom stereocenters. The number of carbonyl (C=O) groups is 1. The molecule has 0 saturated heterocycles. The monoisotopic (exact) mass is 416 g/mol. The lowest BCUT2D eigenvalue weighted by Crippen LogP contribution is -2.09. The minimum absolute atomic E-state index is 0.333. The third-order valence-corrected chi connectivity index (χ3v) is 3.85. The second-order valence-corrected chi connectivity index (χ2v) is 5.38. The van der Waals surface area contributed by atoms with E-state index in [1.807, 2.05) is 36.4 Å². The van der Waals surface area contributed by atoms with Crippen LogP contribution in [0.4, 0.5) is 0 Å². The first kappa shape index (κ1) is 13.5. The smallest absolute Gasteiger partial charge is 0.343 e. The quantitative estimate of drug-likeness (QED) is 0.320. The largest absolute Gasteiger partial charge is 0.422 e. The predicted octanol–water partition coefficient (Wildman–Crippen LogP) is 4.41. The van der Waals surface area contributed by atoms with Gasteiger partial charge in [0.05, 0.1) is 9.13 Å². The summed E-state index contributed by atoms with van der Waals surface area (Å²) >= 11 is 5.56. The van der Waals surface area contributed by atoms with Crippen LogP contribution < -0.4 is 4.74 Å². The second-order valence-electron chi connectivity index (χ2n) is 3.65. The first-order valence-electron chi connectivity index (χ1n) is 5.32. The Balaban J connectivity index is 2.17. The Morgan fingerprint density at radius 1 is 1.17 bits per heavy atom. The summed E-state index contributed by atoms with van der Waals surface area (Å²) in [5, 5.41) is 0.788. The van der Waals surface area contributed by atoms with Crippen molar-refractivity contribution < 1.29 is 9.53 Å². The van der Waals surface area contributed by atoms with Crippen LogP contribution in [-0.2, 0) is 5.33 Å². The molecule has 0 aliphatic rings. The summed E-state index contributed by atoms with van der Waals surface area (Å²) in [6, 6.07) is 14.7. The van der Waals surface area contributed by atoms with E-state index in [0.717, 1.165) is 14.5 Å². The first-order valence-corrected chi connectivity index (χ1v) is 7.52.